The molecule has 3 aliphatic heterocycles. The molecule has 0 radical (unpaired) electrons. The van der Waals surface area contributed by atoms with E-state index in [-0.39, 0.29) is 29.0 Å². The Morgan fingerprint density at radius 1 is 0.451 bits per heavy atom. The standard InChI is InChI=1S/C51H34F12N8/c1-64-40-26-30(44(28-6-11-31(12-7-28)48(52,53)54)29-8-13-32(14-9-29)49(55,56)57)10-24-38(40)45-66-42-4-3-5-43-67-46(69-47(68-45)71(42)43)39-25-23-37(27-41(39)65-2)70(35-19-15-33(16-20-35)50(58,59)60)36-21-17-34(18-22-36)51(61,62)63/h3-27,44,64-65H,1-2H3. The van der Waals surface area contributed by atoms with Gasteiger partial charge in [-0.1, -0.05) is 36.4 Å². The van der Waals surface area contributed by atoms with Crippen molar-refractivity contribution in [2.45, 2.75) is 30.6 Å². The minimum Gasteiger partial charge on any atom is -0.388 e. The zero-order valence-corrected chi connectivity index (χ0v) is 36.7. The highest BCUT2D eigenvalue weighted by Crippen LogP contribution is 2.42. The molecule has 0 saturated carbocycles. The summed E-state index contributed by atoms with van der Waals surface area (Å²) in [5.41, 5.74) is 0.253. The zero-order chi connectivity index (χ0) is 50.6. The Balaban J connectivity index is 1.09. The van der Waals surface area contributed by atoms with Crippen LogP contribution in [0.4, 0.5) is 81.1 Å². The van der Waals surface area contributed by atoms with Crippen molar-refractivity contribution in [3.63, 3.8) is 0 Å². The van der Waals surface area contributed by atoms with Gasteiger partial charge < -0.3 is 15.5 Å². The van der Waals surface area contributed by atoms with Crippen molar-refractivity contribution < 1.29 is 52.7 Å². The van der Waals surface area contributed by atoms with Crippen molar-refractivity contribution in [3.05, 3.63) is 208 Å². The first-order chi connectivity index (χ1) is 33.6. The van der Waals surface area contributed by atoms with Gasteiger partial charge in [0.2, 0.25) is 5.96 Å². The predicted octanol–water partition coefficient (Wildman–Crippen LogP) is 14.2. The van der Waals surface area contributed by atoms with Crippen LogP contribution in [0.15, 0.2) is 177 Å². The van der Waals surface area contributed by atoms with Gasteiger partial charge in [0.05, 0.1) is 22.3 Å². The lowest BCUT2D eigenvalue weighted by molar-refractivity contribution is -0.138. The van der Waals surface area contributed by atoms with E-state index < -0.39 is 52.9 Å². The number of nitrogens with one attached hydrogen (secondary N) is 2. The van der Waals surface area contributed by atoms with E-state index in [0.29, 0.717) is 56.5 Å². The van der Waals surface area contributed by atoms with Crippen molar-refractivity contribution in [3.8, 4) is 0 Å². The molecule has 0 bridgehead atoms. The summed E-state index contributed by atoms with van der Waals surface area (Å²) in [5.74, 6) is 0.472. The average Bonchev–Trinajstić information content (AvgIpc) is 3.33. The molecular formula is C51H34F12N8. The van der Waals surface area contributed by atoms with Gasteiger partial charge in [-0.15, -0.1) is 0 Å². The number of allylic oxidation sites excluding steroid dienone is 2. The Labute approximate surface area is 396 Å². The van der Waals surface area contributed by atoms with Crippen LogP contribution < -0.4 is 15.5 Å². The SMILES string of the molecule is CNc1cc(C(c2ccc(C(F)(F)F)cc2)c2ccc(C(F)(F)F)cc2)ccc1C1=NC2=CC=CC3=NC(c4ccc(N(c5ccc(C(F)(F)F)cc5)c5ccc(C(F)(F)F)cc5)cc4NC)=NC(=N1)N23. The molecule has 362 valence electrons. The first-order valence-corrected chi connectivity index (χ1v) is 21.3. The average molecular weight is 987 g/mol. The second-order valence-electron chi connectivity index (χ2n) is 16.1. The molecule has 0 atom stereocenters. The van der Waals surface area contributed by atoms with Gasteiger partial charge in [0, 0.05) is 59.6 Å². The predicted molar refractivity (Wildman–Crippen MR) is 248 cm³/mol. The van der Waals surface area contributed by atoms with Crippen molar-refractivity contribution >= 4 is 51.9 Å². The molecule has 2 N–H and O–H groups in total. The lowest BCUT2D eigenvalue weighted by Gasteiger charge is -2.32. The number of benzene rings is 6. The van der Waals surface area contributed by atoms with Gasteiger partial charge in [0.25, 0.3) is 0 Å². The van der Waals surface area contributed by atoms with Crippen LogP contribution in [0.5, 0.6) is 0 Å². The third-order valence-electron chi connectivity index (χ3n) is 11.7. The van der Waals surface area contributed by atoms with Crippen molar-refractivity contribution in [1.82, 2.24) is 4.90 Å². The van der Waals surface area contributed by atoms with Gasteiger partial charge in [-0.25, -0.2) is 14.9 Å². The topological polar surface area (TPSA) is 80.0 Å². The number of hydrogen-bond donors (Lipinski definition) is 2. The summed E-state index contributed by atoms with van der Waals surface area (Å²) >= 11 is 0. The maximum Gasteiger partial charge on any atom is 0.416 e. The van der Waals surface area contributed by atoms with Crippen LogP contribution in [0.3, 0.4) is 0 Å². The van der Waals surface area contributed by atoms with Gasteiger partial charge >= 0.3 is 24.7 Å². The Bertz CT molecular complexity index is 2910. The summed E-state index contributed by atoms with van der Waals surface area (Å²) < 4.78 is 163. The molecule has 3 aliphatic rings. The van der Waals surface area contributed by atoms with E-state index in [9.17, 15) is 52.7 Å². The number of guanidine groups is 1. The van der Waals surface area contributed by atoms with Gasteiger partial charge in [-0.2, -0.15) is 62.7 Å². The zero-order valence-electron chi connectivity index (χ0n) is 36.7. The molecule has 0 saturated heterocycles. The molecule has 3 heterocycles. The van der Waals surface area contributed by atoms with Crippen molar-refractivity contribution in [1.29, 1.82) is 0 Å². The fourth-order valence-electron chi connectivity index (χ4n) is 8.26. The van der Waals surface area contributed by atoms with Crippen molar-refractivity contribution in [2.24, 2.45) is 20.0 Å². The number of alkyl halides is 12. The van der Waals surface area contributed by atoms with Crippen LogP contribution in [0.25, 0.3) is 0 Å². The smallest absolute Gasteiger partial charge is 0.388 e. The molecule has 0 aliphatic carbocycles. The first-order valence-electron chi connectivity index (χ1n) is 21.3. The molecule has 0 fully saturated rings. The summed E-state index contributed by atoms with van der Waals surface area (Å²) in [4.78, 5) is 22.4. The highest BCUT2D eigenvalue weighted by atomic mass is 19.4. The summed E-state index contributed by atoms with van der Waals surface area (Å²) in [6.45, 7) is 0. The Kier molecular flexibility index (Phi) is 12.1. The van der Waals surface area contributed by atoms with Crippen LogP contribution >= 0.6 is 0 Å². The number of amidine groups is 3. The van der Waals surface area contributed by atoms with E-state index in [1.165, 1.54) is 53.4 Å². The fourth-order valence-corrected chi connectivity index (χ4v) is 8.26. The van der Waals surface area contributed by atoms with Crippen LogP contribution in [0.2, 0.25) is 0 Å². The number of rotatable bonds is 10. The summed E-state index contributed by atoms with van der Waals surface area (Å²) in [6.07, 6.45) is -13.4. The molecule has 0 unspecified atom stereocenters. The van der Waals surface area contributed by atoms with Crippen LogP contribution in [-0.2, 0) is 24.7 Å². The molecule has 6 aromatic carbocycles. The molecule has 20 heteroatoms. The lowest BCUT2D eigenvalue weighted by atomic mass is 9.83. The summed E-state index contributed by atoms with van der Waals surface area (Å²) in [6, 6.07) is 27.1. The summed E-state index contributed by atoms with van der Waals surface area (Å²) in [5, 5.41) is 6.21. The second-order valence-corrected chi connectivity index (χ2v) is 16.1. The fraction of sp³-hybridized carbons (Fsp3) is 0.137. The lowest BCUT2D eigenvalue weighted by Crippen LogP contribution is -2.41. The van der Waals surface area contributed by atoms with E-state index in [1.807, 2.05) is 0 Å². The summed E-state index contributed by atoms with van der Waals surface area (Å²) in [7, 11) is 3.24. The monoisotopic (exact) mass is 986 g/mol. The van der Waals surface area contributed by atoms with E-state index in [1.54, 1.807) is 73.6 Å². The number of nitrogens with zero attached hydrogens (tertiary/aromatic N) is 6. The number of halogens is 12. The van der Waals surface area contributed by atoms with Gasteiger partial charge in [0.1, 0.15) is 11.7 Å². The van der Waals surface area contributed by atoms with Gasteiger partial charge in [0.15, 0.2) is 11.7 Å². The van der Waals surface area contributed by atoms with E-state index in [2.05, 4.69) is 10.6 Å². The Hall–Kier alpha value is -8.16. The number of anilines is 5. The Morgan fingerprint density at radius 2 is 0.859 bits per heavy atom. The highest BCUT2D eigenvalue weighted by molar-refractivity contribution is 6.26. The van der Waals surface area contributed by atoms with E-state index >= 15 is 0 Å². The largest absolute Gasteiger partial charge is 0.416 e. The molecule has 71 heavy (non-hydrogen) atoms. The quantitative estimate of drug-likeness (QED) is 0.106. The van der Waals surface area contributed by atoms with E-state index in [4.69, 9.17) is 20.0 Å². The highest BCUT2D eigenvalue weighted by Gasteiger charge is 2.36. The Morgan fingerprint density at radius 3 is 1.32 bits per heavy atom. The normalized spacial score (nSPS) is 14.8. The first kappa shape index (κ1) is 47.9. The third kappa shape index (κ3) is 9.60. The maximum atomic E-state index is 13.6. The minimum absolute atomic E-state index is 0.145. The minimum atomic E-state index is -4.64. The molecule has 8 nitrogen and oxygen atoms in total. The number of hydrogen-bond acceptors (Lipinski definition) is 8. The molecule has 6 aromatic rings. The molecule has 0 spiro atoms. The van der Waals surface area contributed by atoms with Crippen LogP contribution in [0, 0.1) is 0 Å². The van der Waals surface area contributed by atoms with Crippen molar-refractivity contribution in [2.75, 3.05) is 29.6 Å². The molecular weight excluding hydrogens is 953 g/mol. The molecule has 0 aromatic heterocycles. The van der Waals surface area contributed by atoms with Crippen LogP contribution in [-0.4, -0.2) is 42.5 Å². The maximum absolute atomic E-state index is 13.6. The van der Waals surface area contributed by atoms with Crippen LogP contribution in [0.1, 0.15) is 56.0 Å². The third-order valence-corrected chi connectivity index (χ3v) is 11.7. The van der Waals surface area contributed by atoms with E-state index in [0.717, 1.165) is 48.5 Å². The number of aliphatic imine (C=N–C) groups is 4. The van der Waals surface area contributed by atoms with Gasteiger partial charge in [-0.3, -0.25) is 0 Å². The second kappa shape index (κ2) is 18.0. The molecule has 0 amide bonds. The van der Waals surface area contributed by atoms with Gasteiger partial charge in [-0.05, 0) is 132 Å². The molecule has 9 rings (SSSR count).